The Bertz CT molecular complexity index is 351. The molecule has 0 bridgehead atoms. The number of ether oxygens (including phenoxy) is 1. The molecular weight excluding hydrogens is 234 g/mol. The van der Waals surface area contributed by atoms with E-state index in [0.717, 1.165) is 6.20 Å². The summed E-state index contributed by atoms with van der Waals surface area (Å²) >= 11 is 0. The number of rotatable bonds is 4. The van der Waals surface area contributed by atoms with E-state index in [1.54, 1.807) is 20.8 Å². The first-order valence-corrected chi connectivity index (χ1v) is 5.88. The lowest BCUT2D eigenvalue weighted by Gasteiger charge is -2.23. The van der Waals surface area contributed by atoms with Crippen molar-refractivity contribution in [3.63, 3.8) is 0 Å². The Morgan fingerprint density at radius 2 is 2.06 bits per heavy atom. The largest absolute Gasteiger partial charge is 0.504 e. The van der Waals surface area contributed by atoms with E-state index in [1.807, 2.05) is 13.8 Å². The number of nitrogens with zero attached hydrogens (tertiary/aromatic N) is 2. The van der Waals surface area contributed by atoms with Crippen molar-refractivity contribution >= 4 is 6.09 Å². The number of diazo groups is 1. The van der Waals surface area contributed by atoms with E-state index in [1.165, 1.54) is 0 Å². The highest BCUT2D eigenvalue weighted by molar-refractivity contribution is 5.68. The Hall–Kier alpha value is -1.77. The maximum Gasteiger partial charge on any atom is 0.408 e. The highest BCUT2D eigenvalue weighted by Gasteiger charge is 2.24. The summed E-state index contributed by atoms with van der Waals surface area (Å²) in [5.74, 6) is 0.0382. The lowest BCUT2D eigenvalue weighted by Crippen LogP contribution is -2.40. The molecule has 102 valence electrons. The summed E-state index contributed by atoms with van der Waals surface area (Å²) < 4.78 is 5.10. The molecular formula is C12H22N3O3+. The minimum Gasteiger partial charge on any atom is -0.504 e. The van der Waals surface area contributed by atoms with E-state index in [9.17, 15) is 9.90 Å². The molecule has 0 aliphatic rings. The third-order valence-electron chi connectivity index (χ3n) is 1.95. The second kappa shape index (κ2) is 6.84. The van der Waals surface area contributed by atoms with Gasteiger partial charge in [-0.05, 0) is 33.1 Å². The van der Waals surface area contributed by atoms with Crippen molar-refractivity contribution < 1.29 is 14.6 Å². The molecule has 0 saturated heterocycles. The maximum atomic E-state index is 11.6. The van der Waals surface area contributed by atoms with Gasteiger partial charge in [-0.2, -0.15) is 0 Å². The van der Waals surface area contributed by atoms with Gasteiger partial charge in [0.05, 0.1) is 6.04 Å². The van der Waals surface area contributed by atoms with Gasteiger partial charge in [0.15, 0.2) is 4.98 Å². The van der Waals surface area contributed by atoms with Crippen LogP contribution in [-0.2, 0) is 4.74 Å². The van der Waals surface area contributed by atoms with Gasteiger partial charge in [-0.25, -0.2) is 4.79 Å². The van der Waals surface area contributed by atoms with E-state index in [2.05, 4.69) is 10.3 Å². The zero-order chi connectivity index (χ0) is 14.3. The molecule has 0 aliphatic heterocycles. The average Bonchev–Trinajstić information content (AvgIpc) is 2.13. The van der Waals surface area contributed by atoms with Gasteiger partial charge in [-0.3, -0.25) is 0 Å². The highest BCUT2D eigenvalue weighted by Crippen LogP contribution is 2.13. The molecule has 0 rings (SSSR count). The number of hydrogen-bond donors (Lipinski definition) is 2. The first-order chi connectivity index (χ1) is 8.15. The molecule has 0 aromatic rings. The molecule has 0 aliphatic carbocycles. The van der Waals surface area contributed by atoms with E-state index in [4.69, 9.17) is 10.1 Å². The molecule has 0 radical (unpaired) electrons. The third-order valence-corrected chi connectivity index (χ3v) is 1.95. The Kier molecular flexibility index (Phi) is 6.17. The maximum absolute atomic E-state index is 11.6. The number of amides is 1. The van der Waals surface area contributed by atoms with Crippen molar-refractivity contribution in [3.8, 4) is 0 Å². The first kappa shape index (κ1) is 16.2. The Balaban J connectivity index is 4.66. The van der Waals surface area contributed by atoms with E-state index >= 15 is 0 Å². The Labute approximate surface area is 108 Å². The molecule has 0 unspecified atom stereocenters. The number of aliphatic hydroxyl groups is 1. The van der Waals surface area contributed by atoms with Crippen LogP contribution in [0, 0.1) is 11.3 Å². The fraction of sp³-hybridized carbons (Fsp3) is 0.750. The number of nitrogens with one attached hydrogen (secondary N) is 1. The summed E-state index contributed by atoms with van der Waals surface area (Å²) in [5, 5.41) is 20.6. The van der Waals surface area contributed by atoms with Crippen molar-refractivity contribution in [1.82, 2.24) is 5.32 Å². The number of carbonyl (C=O) groups excluding carboxylic acids is 1. The van der Waals surface area contributed by atoms with Crippen LogP contribution in [0.1, 0.15) is 41.0 Å². The monoisotopic (exact) mass is 256 g/mol. The molecule has 18 heavy (non-hydrogen) atoms. The number of hydrogen-bond acceptors (Lipinski definition) is 4. The van der Waals surface area contributed by atoms with E-state index < -0.39 is 17.7 Å². The van der Waals surface area contributed by atoms with Gasteiger partial charge in [0.25, 0.3) is 0 Å². The number of alkyl carbamates (subject to hydrolysis) is 1. The standard InChI is InChI=1S/C12H21N3O3/c1-8(2)6-9(10(16)7-14-13)15-11(17)18-12(3,4)5/h7-9H,6H2,1-5H3,(H-,15,16,17)/p+1/b10-7-/t9-/m0/s1. The average molecular weight is 256 g/mol. The zero-order valence-corrected chi connectivity index (χ0v) is 11.6. The lowest BCUT2D eigenvalue weighted by molar-refractivity contribution is 0.0495. The van der Waals surface area contributed by atoms with Crippen LogP contribution in [0.25, 0.3) is 4.98 Å². The number of carbonyl (C=O) groups is 1. The van der Waals surface area contributed by atoms with E-state index in [0.29, 0.717) is 6.42 Å². The van der Waals surface area contributed by atoms with E-state index in [-0.39, 0.29) is 11.7 Å². The second-order valence-electron chi connectivity index (χ2n) is 5.50. The van der Waals surface area contributed by atoms with Crippen LogP contribution < -0.4 is 5.32 Å². The fourth-order valence-corrected chi connectivity index (χ4v) is 1.32. The van der Waals surface area contributed by atoms with Crippen molar-refractivity contribution in [2.24, 2.45) is 5.92 Å². The van der Waals surface area contributed by atoms with Crippen LogP contribution in [-0.4, -0.2) is 22.8 Å². The molecule has 0 fully saturated rings. The molecule has 6 heteroatoms. The molecule has 6 nitrogen and oxygen atoms in total. The summed E-state index contributed by atoms with van der Waals surface area (Å²) in [6, 6.07) is -0.629. The fourth-order valence-electron chi connectivity index (χ4n) is 1.32. The first-order valence-electron chi connectivity index (χ1n) is 5.88. The van der Waals surface area contributed by atoms with Crippen LogP contribution in [0.3, 0.4) is 0 Å². The predicted molar refractivity (Wildman–Crippen MR) is 68.4 cm³/mol. The molecule has 0 heterocycles. The lowest BCUT2D eigenvalue weighted by atomic mass is 10.0. The second-order valence-corrected chi connectivity index (χ2v) is 5.50. The van der Waals surface area contributed by atoms with Gasteiger partial charge in [0.1, 0.15) is 5.60 Å². The van der Waals surface area contributed by atoms with Crippen molar-refractivity contribution in [3.05, 3.63) is 16.9 Å². The summed E-state index contributed by atoms with van der Waals surface area (Å²) in [6.45, 7) is 9.16. The Morgan fingerprint density at radius 1 is 1.50 bits per heavy atom. The SMILES string of the molecule is CC(C)C[C@H](NC(=O)OC(C)(C)C)/C(O)=C/[N+]#N. The van der Waals surface area contributed by atoms with Crippen LogP contribution in [0.5, 0.6) is 0 Å². The third kappa shape index (κ3) is 7.49. The van der Waals surface area contributed by atoms with Crippen LogP contribution >= 0.6 is 0 Å². The van der Waals surface area contributed by atoms with Crippen LogP contribution in [0.4, 0.5) is 4.79 Å². The van der Waals surface area contributed by atoms with Crippen LogP contribution in [0.15, 0.2) is 12.0 Å². The number of aliphatic hydroxyl groups excluding tert-OH is 1. The molecule has 0 spiro atoms. The van der Waals surface area contributed by atoms with Crippen molar-refractivity contribution in [2.45, 2.75) is 52.7 Å². The smallest absolute Gasteiger partial charge is 0.408 e. The molecule has 1 amide bonds. The molecule has 0 aromatic heterocycles. The van der Waals surface area contributed by atoms with Gasteiger partial charge >= 0.3 is 12.3 Å². The Morgan fingerprint density at radius 3 is 2.44 bits per heavy atom. The minimum absolute atomic E-state index is 0.211. The van der Waals surface area contributed by atoms with Gasteiger partial charge in [-0.15, -0.1) is 0 Å². The summed E-state index contributed by atoms with van der Waals surface area (Å²) in [5.41, 5.74) is -0.604. The van der Waals surface area contributed by atoms with Gasteiger partial charge < -0.3 is 15.2 Å². The van der Waals surface area contributed by atoms with Crippen molar-refractivity contribution in [2.75, 3.05) is 0 Å². The predicted octanol–water partition coefficient (Wildman–Crippen LogP) is 3.18. The topological polar surface area (TPSA) is 86.7 Å². The van der Waals surface area contributed by atoms with Gasteiger partial charge in [0.2, 0.25) is 11.2 Å². The zero-order valence-electron chi connectivity index (χ0n) is 11.6. The van der Waals surface area contributed by atoms with Gasteiger partial charge in [0, 0.05) is 0 Å². The van der Waals surface area contributed by atoms with Gasteiger partial charge in [-0.1, -0.05) is 13.8 Å². The summed E-state index contributed by atoms with van der Waals surface area (Å²) in [4.78, 5) is 14.3. The minimum atomic E-state index is -0.629. The molecule has 0 aromatic carbocycles. The summed E-state index contributed by atoms with van der Waals surface area (Å²) in [6.07, 6.45) is 0.785. The normalized spacial score (nSPS) is 13.9. The van der Waals surface area contributed by atoms with Crippen molar-refractivity contribution in [1.29, 1.82) is 5.39 Å². The quantitative estimate of drug-likeness (QED) is 0.597. The summed E-state index contributed by atoms with van der Waals surface area (Å²) in [7, 11) is 0. The molecule has 1 atom stereocenters. The molecule has 2 N–H and O–H groups in total. The van der Waals surface area contributed by atoms with Crippen LogP contribution in [0.2, 0.25) is 0 Å². The highest BCUT2D eigenvalue weighted by atomic mass is 16.6. The molecule has 0 saturated carbocycles.